The Hall–Kier alpha value is -6.25. The summed E-state index contributed by atoms with van der Waals surface area (Å²) in [5.74, 6) is -3.06. The third kappa shape index (κ3) is 7.72. The van der Waals surface area contributed by atoms with Gasteiger partial charge in [-0.15, -0.1) is 23.1 Å². The van der Waals surface area contributed by atoms with Crippen LogP contribution < -0.4 is 10.6 Å². The molecular weight excluding hydrogens is 739 g/mol. The molecule has 2 amide bonds. The highest BCUT2D eigenvalue weighted by Crippen LogP contribution is 2.42. The number of rotatable bonds is 14. The number of β-lactam (4-membered cyclic amide) rings is 1. The van der Waals surface area contributed by atoms with Crippen LogP contribution in [0.1, 0.15) is 34.9 Å². The Balaban J connectivity index is 1.20. The van der Waals surface area contributed by atoms with Gasteiger partial charge in [-0.2, -0.15) is 0 Å². The number of anilines is 1. The number of esters is 1. The minimum Gasteiger partial charge on any atom is -0.477 e. The Morgan fingerprint density at radius 2 is 1.44 bits per heavy atom. The lowest BCUT2D eigenvalue weighted by Gasteiger charge is -2.49. The zero-order valence-corrected chi connectivity index (χ0v) is 31.1. The number of hydrogen-bond donors (Lipinski definition) is 3. The molecule has 1 aromatic heterocycles. The number of carboxylic acid groups (broad SMARTS) is 1. The molecule has 1 fully saturated rings. The van der Waals surface area contributed by atoms with Gasteiger partial charge >= 0.3 is 11.9 Å². The minimum atomic E-state index is -1.33. The number of benzene rings is 4. The zero-order valence-electron chi connectivity index (χ0n) is 29.5. The number of carbonyl (C=O) groups excluding carboxylic acids is 3. The van der Waals surface area contributed by atoms with E-state index in [2.05, 4.69) is 15.8 Å². The van der Waals surface area contributed by atoms with Crippen LogP contribution in [0.15, 0.2) is 143 Å². The van der Waals surface area contributed by atoms with Crippen molar-refractivity contribution in [2.24, 2.45) is 5.16 Å². The second kappa shape index (κ2) is 16.4. The van der Waals surface area contributed by atoms with E-state index in [9.17, 15) is 24.3 Å². The van der Waals surface area contributed by atoms with Crippen LogP contribution in [0.2, 0.25) is 0 Å². The van der Waals surface area contributed by atoms with Crippen molar-refractivity contribution in [3.05, 3.63) is 166 Å². The van der Waals surface area contributed by atoms with Crippen LogP contribution in [0.3, 0.4) is 0 Å². The number of aliphatic carboxylic acids is 1. The molecule has 0 aliphatic carbocycles. The standard InChI is InChI=1S/C41H35N5O7S2/c1-26(47)52-23-28-24-54-38-34(37(49)46(38)35(28)39(50)51)43-36(48)33(45-53-22-27-14-6-2-7-15-27)32-25-55-40(42-32)44-41(29-16-8-3-9-17-29,30-18-10-4-11-19-30)31-20-12-5-13-21-31/h2-21,25,34,38H,22-24H2,1H3,(H,42,44)(H,43,48)(H,50,51)/t34-,38-/m1/s1. The molecule has 5 aromatic rings. The first kappa shape index (κ1) is 37.1. The topological polar surface area (TPSA) is 160 Å². The second-order valence-corrected chi connectivity index (χ2v) is 14.6. The zero-order chi connectivity index (χ0) is 38.4. The molecular formula is C41H35N5O7S2. The molecule has 4 aromatic carbocycles. The van der Waals surface area contributed by atoms with Crippen LogP contribution in [0.5, 0.6) is 0 Å². The SMILES string of the molecule is CC(=O)OCC1=C(C(=O)O)N2C(=O)[C@@H](NC(=O)C(=NOCc3ccccc3)c3csc(NC(c4ccccc4)(c4ccccc4)c4ccccc4)n3)[C@H]2SC1. The van der Waals surface area contributed by atoms with Gasteiger partial charge < -0.3 is 25.3 Å². The van der Waals surface area contributed by atoms with Crippen molar-refractivity contribution in [3.8, 4) is 0 Å². The summed E-state index contributed by atoms with van der Waals surface area (Å²) < 4.78 is 5.03. The molecule has 7 rings (SSSR count). The predicted octanol–water partition coefficient (Wildman–Crippen LogP) is 5.77. The first-order chi connectivity index (χ1) is 26.8. The number of nitrogens with one attached hydrogen (secondary N) is 2. The first-order valence-electron chi connectivity index (χ1n) is 17.2. The highest BCUT2D eigenvalue weighted by molar-refractivity contribution is 8.00. The van der Waals surface area contributed by atoms with Crippen molar-refractivity contribution in [2.45, 2.75) is 30.5 Å². The Morgan fingerprint density at radius 3 is 1.98 bits per heavy atom. The number of thioether (sulfide) groups is 1. The Morgan fingerprint density at radius 1 is 0.873 bits per heavy atom. The highest BCUT2D eigenvalue weighted by Gasteiger charge is 2.54. The monoisotopic (exact) mass is 773 g/mol. The number of hydrogen-bond acceptors (Lipinski definition) is 11. The van der Waals surface area contributed by atoms with Crippen molar-refractivity contribution < 1.29 is 33.9 Å². The van der Waals surface area contributed by atoms with Crippen LogP contribution in [-0.4, -0.2) is 68.2 Å². The quantitative estimate of drug-likeness (QED) is 0.0416. The van der Waals surface area contributed by atoms with E-state index in [0.717, 1.165) is 27.2 Å². The lowest BCUT2D eigenvalue weighted by molar-refractivity contribution is -0.150. The Kier molecular flexibility index (Phi) is 11.1. The summed E-state index contributed by atoms with van der Waals surface area (Å²) >= 11 is 2.54. The van der Waals surface area contributed by atoms with Crippen LogP contribution in [-0.2, 0) is 40.9 Å². The van der Waals surface area contributed by atoms with Gasteiger partial charge in [0.15, 0.2) is 10.8 Å². The van der Waals surface area contributed by atoms with Crippen LogP contribution in [0, 0.1) is 0 Å². The summed E-state index contributed by atoms with van der Waals surface area (Å²) in [7, 11) is 0. The number of oxime groups is 1. The van der Waals surface area contributed by atoms with Gasteiger partial charge in [-0.1, -0.05) is 126 Å². The van der Waals surface area contributed by atoms with Crippen LogP contribution in [0.25, 0.3) is 0 Å². The molecule has 3 heterocycles. The number of carboxylic acids is 1. The molecule has 55 heavy (non-hydrogen) atoms. The van der Waals surface area contributed by atoms with Crippen molar-refractivity contribution in [1.29, 1.82) is 0 Å². The second-order valence-electron chi connectivity index (χ2n) is 12.6. The van der Waals surface area contributed by atoms with Crippen LogP contribution in [0.4, 0.5) is 5.13 Å². The summed E-state index contributed by atoms with van der Waals surface area (Å²) in [6.45, 7) is 1.03. The molecule has 1 saturated heterocycles. The molecule has 278 valence electrons. The fourth-order valence-corrected chi connectivity index (χ4v) is 8.60. The molecule has 0 unspecified atom stereocenters. The van der Waals surface area contributed by atoms with Crippen molar-refractivity contribution >= 4 is 57.7 Å². The fourth-order valence-electron chi connectivity index (χ4n) is 6.52. The lowest BCUT2D eigenvalue weighted by Crippen LogP contribution is -2.71. The van der Waals surface area contributed by atoms with E-state index in [-0.39, 0.29) is 36.1 Å². The summed E-state index contributed by atoms with van der Waals surface area (Å²) in [5, 5.41) is 22.2. The van der Waals surface area contributed by atoms with Gasteiger partial charge in [0.05, 0.1) is 0 Å². The summed E-state index contributed by atoms with van der Waals surface area (Å²) in [4.78, 5) is 62.8. The molecule has 2 aliphatic heterocycles. The van der Waals surface area contributed by atoms with E-state index in [1.165, 1.54) is 30.0 Å². The van der Waals surface area contributed by atoms with Crippen molar-refractivity contribution in [3.63, 3.8) is 0 Å². The number of ether oxygens (including phenoxy) is 1. The normalized spacial score (nSPS) is 16.8. The summed E-state index contributed by atoms with van der Waals surface area (Å²) in [6, 6.07) is 38.3. The number of thiazole rings is 1. The van der Waals surface area contributed by atoms with Gasteiger partial charge in [0.2, 0.25) is 0 Å². The van der Waals surface area contributed by atoms with E-state index < -0.39 is 40.7 Å². The summed E-state index contributed by atoms with van der Waals surface area (Å²) in [6.07, 6.45) is 0. The molecule has 12 nitrogen and oxygen atoms in total. The van der Waals surface area contributed by atoms with E-state index in [1.807, 2.05) is 121 Å². The van der Waals surface area contributed by atoms with Gasteiger partial charge in [0.25, 0.3) is 11.8 Å². The van der Waals surface area contributed by atoms with E-state index in [4.69, 9.17) is 14.6 Å². The third-order valence-electron chi connectivity index (χ3n) is 9.09. The van der Waals surface area contributed by atoms with Gasteiger partial charge in [0.1, 0.15) is 41.6 Å². The van der Waals surface area contributed by atoms with E-state index >= 15 is 0 Å². The molecule has 0 bridgehead atoms. The van der Waals surface area contributed by atoms with Crippen molar-refractivity contribution in [1.82, 2.24) is 15.2 Å². The first-order valence-corrected chi connectivity index (χ1v) is 19.2. The lowest BCUT2D eigenvalue weighted by atomic mass is 9.77. The smallest absolute Gasteiger partial charge is 0.352 e. The van der Waals surface area contributed by atoms with Gasteiger partial charge in [-0.3, -0.25) is 19.3 Å². The fraction of sp³-hybridized carbons (Fsp3) is 0.171. The number of carbonyl (C=O) groups is 4. The van der Waals surface area contributed by atoms with Crippen molar-refractivity contribution in [2.75, 3.05) is 17.7 Å². The number of aromatic nitrogens is 1. The minimum absolute atomic E-state index is 0.0679. The number of amides is 2. The highest BCUT2D eigenvalue weighted by atomic mass is 32.2. The number of fused-ring (bicyclic) bond motifs is 1. The van der Waals surface area contributed by atoms with Gasteiger partial charge in [0, 0.05) is 23.6 Å². The molecule has 14 heteroatoms. The van der Waals surface area contributed by atoms with Gasteiger partial charge in [-0.05, 0) is 22.3 Å². The Bertz CT molecular complexity index is 2150. The maximum absolute atomic E-state index is 14.1. The summed E-state index contributed by atoms with van der Waals surface area (Å²) in [5.41, 5.74) is 2.91. The predicted molar refractivity (Wildman–Crippen MR) is 209 cm³/mol. The van der Waals surface area contributed by atoms with E-state index in [0.29, 0.717) is 10.7 Å². The average Bonchev–Trinajstić information content (AvgIpc) is 3.68. The average molecular weight is 774 g/mol. The molecule has 3 N–H and O–H groups in total. The maximum atomic E-state index is 14.1. The molecule has 2 aliphatic rings. The Labute approximate surface area is 324 Å². The van der Waals surface area contributed by atoms with Gasteiger partial charge in [-0.25, -0.2) is 9.78 Å². The molecule has 0 spiro atoms. The maximum Gasteiger partial charge on any atom is 0.352 e. The van der Waals surface area contributed by atoms with E-state index in [1.54, 1.807) is 5.38 Å². The third-order valence-corrected chi connectivity index (χ3v) is 11.2. The molecule has 0 saturated carbocycles. The molecule has 2 atom stereocenters. The largest absolute Gasteiger partial charge is 0.477 e. The number of nitrogens with zero attached hydrogens (tertiary/aromatic N) is 3. The van der Waals surface area contributed by atoms with Crippen LogP contribution >= 0.6 is 23.1 Å². The molecule has 0 radical (unpaired) electrons.